The van der Waals surface area contributed by atoms with E-state index >= 15 is 0 Å². The first kappa shape index (κ1) is 17.4. The van der Waals surface area contributed by atoms with Crippen LogP contribution in [0.1, 0.15) is 0 Å². The van der Waals surface area contributed by atoms with Crippen LogP contribution in [0.4, 0.5) is 10.1 Å². The van der Waals surface area contributed by atoms with Crippen LogP contribution in [0, 0.1) is 5.82 Å². The molecule has 0 atom stereocenters. The van der Waals surface area contributed by atoms with Crippen LogP contribution >= 0.6 is 23.4 Å². The summed E-state index contributed by atoms with van der Waals surface area (Å²) in [4.78, 5) is 16.3. The predicted octanol–water partition coefficient (Wildman–Crippen LogP) is 3.40. The fourth-order valence-corrected chi connectivity index (χ4v) is 2.95. The van der Waals surface area contributed by atoms with Gasteiger partial charge in [-0.1, -0.05) is 29.4 Å². The van der Waals surface area contributed by atoms with E-state index in [-0.39, 0.29) is 16.7 Å². The Balaban J connectivity index is 1.63. The van der Waals surface area contributed by atoms with Crippen LogP contribution in [0.25, 0.3) is 11.5 Å². The van der Waals surface area contributed by atoms with Crippen LogP contribution in [0.15, 0.2) is 47.8 Å². The summed E-state index contributed by atoms with van der Waals surface area (Å²) in [5, 5.41) is 11.4. The highest BCUT2D eigenvalue weighted by Gasteiger charge is 2.14. The summed E-state index contributed by atoms with van der Waals surface area (Å²) in [6.45, 7) is 0. The van der Waals surface area contributed by atoms with Gasteiger partial charge in [0.1, 0.15) is 11.5 Å². The van der Waals surface area contributed by atoms with Crippen LogP contribution in [-0.4, -0.2) is 31.4 Å². The molecule has 0 saturated heterocycles. The number of nitrogens with zero attached hydrogens (tertiary/aromatic N) is 4. The highest BCUT2D eigenvalue weighted by atomic mass is 35.5. The lowest BCUT2D eigenvalue weighted by Gasteiger charge is -2.06. The van der Waals surface area contributed by atoms with Gasteiger partial charge in [-0.05, 0) is 30.3 Å². The summed E-state index contributed by atoms with van der Waals surface area (Å²) in [5.74, 6) is -0.0394. The molecular formula is C16H13ClFN5OS. The second kappa shape index (κ2) is 7.62. The molecule has 0 saturated carbocycles. The van der Waals surface area contributed by atoms with Crippen LogP contribution < -0.4 is 5.32 Å². The second-order valence-electron chi connectivity index (χ2n) is 5.05. The van der Waals surface area contributed by atoms with Gasteiger partial charge in [0.2, 0.25) is 5.91 Å². The number of benzene rings is 1. The minimum absolute atomic E-state index is 0.0428. The molecule has 1 amide bonds. The molecule has 2 aromatic heterocycles. The summed E-state index contributed by atoms with van der Waals surface area (Å²) < 4.78 is 14.9. The van der Waals surface area contributed by atoms with Gasteiger partial charge in [0.25, 0.3) is 0 Å². The number of amides is 1. The summed E-state index contributed by atoms with van der Waals surface area (Å²) in [6, 6.07) is 9.54. The topological polar surface area (TPSA) is 72.7 Å². The van der Waals surface area contributed by atoms with Crippen molar-refractivity contribution in [2.75, 3.05) is 11.1 Å². The zero-order valence-corrected chi connectivity index (χ0v) is 14.7. The van der Waals surface area contributed by atoms with Gasteiger partial charge in [-0.25, -0.2) is 4.39 Å². The molecule has 6 nitrogen and oxygen atoms in total. The maximum atomic E-state index is 13.1. The van der Waals surface area contributed by atoms with E-state index in [4.69, 9.17) is 11.6 Å². The Labute approximate surface area is 152 Å². The average Bonchev–Trinajstić information content (AvgIpc) is 2.98. The summed E-state index contributed by atoms with van der Waals surface area (Å²) >= 11 is 6.93. The molecule has 0 fully saturated rings. The number of anilines is 1. The van der Waals surface area contributed by atoms with Gasteiger partial charge in [-0.15, -0.1) is 10.2 Å². The Hall–Kier alpha value is -2.45. The molecule has 0 radical (unpaired) electrons. The molecular weight excluding hydrogens is 365 g/mol. The van der Waals surface area contributed by atoms with Gasteiger partial charge in [0.05, 0.1) is 10.8 Å². The Morgan fingerprint density at radius 2 is 2.16 bits per heavy atom. The molecule has 1 aromatic carbocycles. The molecule has 3 aromatic rings. The van der Waals surface area contributed by atoms with Crippen molar-refractivity contribution >= 4 is 35.0 Å². The van der Waals surface area contributed by atoms with E-state index in [1.54, 1.807) is 10.8 Å². The van der Waals surface area contributed by atoms with Gasteiger partial charge in [-0.3, -0.25) is 9.78 Å². The lowest BCUT2D eigenvalue weighted by molar-refractivity contribution is -0.113. The first-order chi connectivity index (χ1) is 12.0. The number of nitrogens with one attached hydrogen (secondary N) is 1. The summed E-state index contributed by atoms with van der Waals surface area (Å²) in [6.07, 6.45) is 1.68. The highest BCUT2D eigenvalue weighted by molar-refractivity contribution is 7.99. The Morgan fingerprint density at radius 3 is 2.88 bits per heavy atom. The first-order valence-electron chi connectivity index (χ1n) is 7.23. The van der Waals surface area contributed by atoms with Crippen molar-refractivity contribution in [2.45, 2.75) is 5.16 Å². The third kappa shape index (κ3) is 4.15. The molecule has 0 unspecified atom stereocenters. The van der Waals surface area contributed by atoms with E-state index in [9.17, 15) is 9.18 Å². The van der Waals surface area contributed by atoms with Crippen molar-refractivity contribution < 1.29 is 9.18 Å². The SMILES string of the molecule is Cn1c(SCC(=O)Nc2ccc(F)c(Cl)c2)nnc1-c1ccccn1. The van der Waals surface area contributed by atoms with Gasteiger partial charge in [-0.2, -0.15) is 0 Å². The first-order valence-corrected chi connectivity index (χ1v) is 8.59. The van der Waals surface area contributed by atoms with E-state index < -0.39 is 5.82 Å². The van der Waals surface area contributed by atoms with Gasteiger partial charge >= 0.3 is 0 Å². The molecule has 1 N–H and O–H groups in total. The molecule has 0 bridgehead atoms. The molecule has 0 aliphatic carbocycles. The number of aromatic nitrogens is 4. The normalized spacial score (nSPS) is 10.7. The lowest BCUT2D eigenvalue weighted by Crippen LogP contribution is -2.14. The number of halogens is 2. The van der Waals surface area contributed by atoms with E-state index in [2.05, 4.69) is 20.5 Å². The number of rotatable bonds is 5. The van der Waals surface area contributed by atoms with Crippen molar-refractivity contribution in [1.82, 2.24) is 19.7 Å². The number of carbonyl (C=O) groups excluding carboxylic acids is 1. The van der Waals surface area contributed by atoms with Crippen molar-refractivity contribution in [3.05, 3.63) is 53.4 Å². The average molecular weight is 378 g/mol. The van der Waals surface area contributed by atoms with Gasteiger partial charge < -0.3 is 9.88 Å². The Morgan fingerprint density at radius 1 is 1.32 bits per heavy atom. The monoisotopic (exact) mass is 377 g/mol. The number of carbonyl (C=O) groups is 1. The summed E-state index contributed by atoms with van der Waals surface area (Å²) in [7, 11) is 1.81. The molecule has 9 heteroatoms. The van der Waals surface area contributed by atoms with E-state index in [1.165, 1.54) is 30.0 Å². The molecule has 25 heavy (non-hydrogen) atoms. The number of hydrogen-bond donors (Lipinski definition) is 1. The quantitative estimate of drug-likeness (QED) is 0.690. The van der Waals surface area contributed by atoms with E-state index in [0.29, 0.717) is 22.4 Å². The standard InChI is InChI=1S/C16H13ClFN5OS/c1-23-15(13-4-2-3-7-19-13)21-22-16(23)25-9-14(24)20-10-5-6-12(18)11(17)8-10/h2-8H,9H2,1H3,(H,20,24). The van der Waals surface area contributed by atoms with E-state index in [0.717, 1.165) is 0 Å². The fraction of sp³-hybridized carbons (Fsp3) is 0.125. The zero-order valence-electron chi connectivity index (χ0n) is 13.1. The molecule has 0 aliphatic rings. The number of pyridine rings is 1. The summed E-state index contributed by atoms with van der Waals surface area (Å²) in [5.41, 5.74) is 1.14. The second-order valence-corrected chi connectivity index (χ2v) is 6.40. The number of thioether (sulfide) groups is 1. The van der Waals surface area contributed by atoms with Crippen LogP contribution in [0.5, 0.6) is 0 Å². The van der Waals surface area contributed by atoms with Crippen molar-refractivity contribution in [3.8, 4) is 11.5 Å². The zero-order chi connectivity index (χ0) is 17.8. The predicted molar refractivity (Wildman–Crippen MR) is 95.0 cm³/mol. The third-order valence-electron chi connectivity index (χ3n) is 3.26. The maximum Gasteiger partial charge on any atom is 0.234 e. The minimum Gasteiger partial charge on any atom is -0.325 e. The largest absolute Gasteiger partial charge is 0.325 e. The van der Waals surface area contributed by atoms with Crippen LogP contribution in [0.2, 0.25) is 5.02 Å². The van der Waals surface area contributed by atoms with E-state index in [1.807, 2.05) is 25.2 Å². The molecule has 3 rings (SSSR count). The smallest absolute Gasteiger partial charge is 0.234 e. The van der Waals surface area contributed by atoms with Crippen LogP contribution in [0.3, 0.4) is 0 Å². The van der Waals surface area contributed by atoms with Crippen LogP contribution in [-0.2, 0) is 11.8 Å². The van der Waals surface area contributed by atoms with Crippen molar-refractivity contribution in [2.24, 2.45) is 7.05 Å². The number of hydrogen-bond acceptors (Lipinski definition) is 5. The maximum absolute atomic E-state index is 13.1. The van der Waals surface area contributed by atoms with Crippen molar-refractivity contribution in [3.63, 3.8) is 0 Å². The highest BCUT2D eigenvalue weighted by Crippen LogP contribution is 2.22. The molecule has 128 valence electrons. The molecule has 0 spiro atoms. The Bertz CT molecular complexity index is 903. The lowest BCUT2D eigenvalue weighted by atomic mass is 10.3. The molecule has 2 heterocycles. The molecule has 0 aliphatic heterocycles. The third-order valence-corrected chi connectivity index (χ3v) is 4.57. The van der Waals surface area contributed by atoms with Gasteiger partial charge in [0, 0.05) is 18.9 Å². The Kier molecular flexibility index (Phi) is 5.30. The fourth-order valence-electron chi connectivity index (χ4n) is 2.06. The minimum atomic E-state index is -0.532. The van der Waals surface area contributed by atoms with Crippen molar-refractivity contribution in [1.29, 1.82) is 0 Å². The van der Waals surface area contributed by atoms with Gasteiger partial charge in [0.15, 0.2) is 11.0 Å².